The monoisotopic (exact) mass is 354 g/mol. The third-order valence-electron chi connectivity index (χ3n) is 5.09. The van der Waals surface area contributed by atoms with Gasteiger partial charge in [0.1, 0.15) is 5.75 Å². The second kappa shape index (κ2) is 7.61. The molecule has 1 atom stereocenters. The summed E-state index contributed by atoms with van der Waals surface area (Å²) < 4.78 is 16.4. The van der Waals surface area contributed by atoms with Crippen molar-refractivity contribution in [3.63, 3.8) is 0 Å². The minimum Gasteiger partial charge on any atom is -0.493 e. The first kappa shape index (κ1) is 18.6. The summed E-state index contributed by atoms with van der Waals surface area (Å²) in [7, 11) is 0. The van der Waals surface area contributed by atoms with Crippen LogP contribution in [0.3, 0.4) is 0 Å². The van der Waals surface area contributed by atoms with E-state index >= 15 is 0 Å². The van der Waals surface area contributed by atoms with Gasteiger partial charge in [-0.25, -0.2) is 0 Å². The van der Waals surface area contributed by atoms with Crippen molar-refractivity contribution in [2.45, 2.75) is 58.8 Å². The summed E-state index contributed by atoms with van der Waals surface area (Å²) in [5.74, 6) is 3.56. The van der Waals surface area contributed by atoms with Crippen LogP contribution < -0.4 is 14.2 Å². The molecule has 2 aromatic rings. The maximum atomic E-state index is 5.65. The van der Waals surface area contributed by atoms with Gasteiger partial charge in [-0.1, -0.05) is 65.0 Å². The quantitative estimate of drug-likeness (QED) is 0.677. The molecule has 0 saturated carbocycles. The van der Waals surface area contributed by atoms with E-state index in [-0.39, 0.29) is 5.41 Å². The van der Waals surface area contributed by atoms with Crippen LogP contribution in [0, 0.1) is 0 Å². The highest BCUT2D eigenvalue weighted by molar-refractivity contribution is 5.50. The highest BCUT2D eigenvalue weighted by atomic mass is 16.7. The Hall–Kier alpha value is -2.16. The van der Waals surface area contributed by atoms with Gasteiger partial charge in [-0.15, -0.1) is 0 Å². The largest absolute Gasteiger partial charge is 0.493 e. The second-order valence-corrected chi connectivity index (χ2v) is 8.03. The first-order valence-corrected chi connectivity index (χ1v) is 9.55. The van der Waals surface area contributed by atoms with E-state index in [0.29, 0.717) is 12.7 Å². The van der Waals surface area contributed by atoms with Crippen molar-refractivity contribution < 1.29 is 14.2 Å². The lowest BCUT2D eigenvalue weighted by molar-refractivity contribution is 0.172. The zero-order valence-electron chi connectivity index (χ0n) is 16.6. The molecule has 3 nitrogen and oxygen atoms in total. The molecule has 4 rings (SSSR count). The molecule has 0 radical (unpaired) electrons. The molecule has 2 aromatic carbocycles. The Morgan fingerprint density at radius 1 is 0.962 bits per heavy atom. The SMILES string of the molecule is CC(C)(C)c1cccc2c1OCO2.CCC(C)c1cccc2c1OCC2. The molecule has 140 valence electrons. The zero-order valence-corrected chi connectivity index (χ0v) is 16.6. The van der Waals surface area contributed by atoms with Gasteiger partial charge in [0, 0.05) is 12.0 Å². The second-order valence-electron chi connectivity index (χ2n) is 8.03. The standard InChI is InChI=1S/C12H16O.C11H14O2/c1-3-9(2)11-6-4-5-10-7-8-13-12(10)11;1-11(2,3)8-5-4-6-9-10(8)13-7-12-9/h4-6,9H,3,7-8H2,1-2H3;4-6H,7H2,1-3H3. The van der Waals surface area contributed by atoms with Gasteiger partial charge in [0.15, 0.2) is 11.5 Å². The molecule has 1 unspecified atom stereocenters. The van der Waals surface area contributed by atoms with E-state index < -0.39 is 0 Å². The maximum absolute atomic E-state index is 5.65. The number of ether oxygens (including phenoxy) is 3. The van der Waals surface area contributed by atoms with E-state index in [0.717, 1.165) is 30.3 Å². The fourth-order valence-electron chi connectivity index (χ4n) is 3.37. The fourth-order valence-corrected chi connectivity index (χ4v) is 3.37. The van der Waals surface area contributed by atoms with E-state index in [1.54, 1.807) is 0 Å². The number of hydrogen-bond donors (Lipinski definition) is 0. The zero-order chi connectivity index (χ0) is 18.7. The summed E-state index contributed by atoms with van der Waals surface area (Å²) in [6, 6.07) is 12.6. The number of fused-ring (bicyclic) bond motifs is 2. The number of rotatable bonds is 2. The van der Waals surface area contributed by atoms with Crippen LogP contribution in [0.25, 0.3) is 0 Å². The Bertz CT molecular complexity index is 759. The average molecular weight is 354 g/mol. The summed E-state index contributed by atoms with van der Waals surface area (Å²) >= 11 is 0. The van der Waals surface area contributed by atoms with Crippen molar-refractivity contribution in [2.75, 3.05) is 13.4 Å². The molecule has 2 heterocycles. The lowest BCUT2D eigenvalue weighted by Gasteiger charge is -2.20. The molecule has 0 saturated heterocycles. The highest BCUT2D eigenvalue weighted by Gasteiger charge is 2.24. The molecule has 0 fully saturated rings. The molecule has 2 aliphatic rings. The fraction of sp³-hybridized carbons (Fsp3) is 0.478. The van der Waals surface area contributed by atoms with Gasteiger partial charge in [0.05, 0.1) is 6.61 Å². The van der Waals surface area contributed by atoms with E-state index in [9.17, 15) is 0 Å². The molecular formula is C23H30O3. The van der Waals surface area contributed by atoms with Crippen molar-refractivity contribution in [1.82, 2.24) is 0 Å². The molecule has 0 aliphatic carbocycles. The summed E-state index contributed by atoms with van der Waals surface area (Å²) in [4.78, 5) is 0. The first-order valence-electron chi connectivity index (χ1n) is 9.55. The molecule has 2 aliphatic heterocycles. The van der Waals surface area contributed by atoms with E-state index in [1.165, 1.54) is 23.1 Å². The van der Waals surface area contributed by atoms with Crippen LogP contribution in [0.5, 0.6) is 17.2 Å². The summed E-state index contributed by atoms with van der Waals surface area (Å²) in [5.41, 5.74) is 4.09. The Kier molecular flexibility index (Phi) is 5.45. The molecule has 0 N–H and O–H groups in total. The summed E-state index contributed by atoms with van der Waals surface area (Å²) in [5, 5.41) is 0. The third-order valence-corrected chi connectivity index (χ3v) is 5.09. The minimum absolute atomic E-state index is 0.110. The maximum Gasteiger partial charge on any atom is 0.231 e. The molecule has 26 heavy (non-hydrogen) atoms. The van der Waals surface area contributed by atoms with Gasteiger partial charge in [-0.2, -0.15) is 0 Å². The molecular weight excluding hydrogens is 324 g/mol. The van der Waals surface area contributed by atoms with Gasteiger partial charge in [0.2, 0.25) is 6.79 Å². The number of hydrogen-bond acceptors (Lipinski definition) is 3. The Morgan fingerprint density at radius 3 is 2.46 bits per heavy atom. The predicted octanol–water partition coefficient (Wildman–Crippen LogP) is 5.85. The van der Waals surface area contributed by atoms with Crippen LogP contribution in [0.4, 0.5) is 0 Å². The minimum atomic E-state index is 0.110. The van der Waals surface area contributed by atoms with Gasteiger partial charge in [-0.05, 0) is 34.9 Å². The molecule has 0 bridgehead atoms. The number of para-hydroxylation sites is 2. The van der Waals surface area contributed by atoms with Gasteiger partial charge in [-0.3, -0.25) is 0 Å². The van der Waals surface area contributed by atoms with Gasteiger partial charge in [0.25, 0.3) is 0 Å². The molecule has 0 amide bonds. The smallest absolute Gasteiger partial charge is 0.231 e. The van der Waals surface area contributed by atoms with Crippen LogP contribution in [-0.2, 0) is 11.8 Å². The third kappa shape index (κ3) is 3.82. The lowest BCUT2D eigenvalue weighted by atomic mass is 9.86. The van der Waals surface area contributed by atoms with Gasteiger partial charge < -0.3 is 14.2 Å². The highest BCUT2D eigenvalue weighted by Crippen LogP contribution is 2.41. The van der Waals surface area contributed by atoms with E-state index in [4.69, 9.17) is 14.2 Å². The number of benzene rings is 2. The van der Waals surface area contributed by atoms with Crippen molar-refractivity contribution in [3.8, 4) is 17.2 Å². The van der Waals surface area contributed by atoms with Crippen LogP contribution in [0.1, 0.15) is 63.6 Å². The van der Waals surface area contributed by atoms with Gasteiger partial charge >= 0.3 is 0 Å². The van der Waals surface area contributed by atoms with Crippen LogP contribution in [-0.4, -0.2) is 13.4 Å². The van der Waals surface area contributed by atoms with Crippen molar-refractivity contribution >= 4 is 0 Å². The average Bonchev–Trinajstić information content (AvgIpc) is 3.28. The Balaban J connectivity index is 0.000000151. The lowest BCUT2D eigenvalue weighted by Crippen LogP contribution is -2.11. The van der Waals surface area contributed by atoms with E-state index in [1.807, 2.05) is 12.1 Å². The molecule has 0 spiro atoms. The van der Waals surface area contributed by atoms with Crippen LogP contribution >= 0.6 is 0 Å². The van der Waals surface area contributed by atoms with E-state index in [2.05, 4.69) is 58.9 Å². The van der Waals surface area contributed by atoms with Crippen LogP contribution in [0.2, 0.25) is 0 Å². The predicted molar refractivity (Wildman–Crippen MR) is 106 cm³/mol. The summed E-state index contributed by atoms with van der Waals surface area (Å²) in [6.45, 7) is 12.2. The topological polar surface area (TPSA) is 27.7 Å². The Morgan fingerprint density at radius 2 is 1.73 bits per heavy atom. The molecule has 0 aromatic heterocycles. The Labute approximate surface area is 157 Å². The van der Waals surface area contributed by atoms with Crippen molar-refractivity contribution in [2.24, 2.45) is 0 Å². The molecule has 3 heteroatoms. The van der Waals surface area contributed by atoms with Crippen molar-refractivity contribution in [1.29, 1.82) is 0 Å². The van der Waals surface area contributed by atoms with Crippen molar-refractivity contribution in [3.05, 3.63) is 53.1 Å². The first-order chi connectivity index (χ1) is 12.4. The normalized spacial score (nSPS) is 15.6. The van der Waals surface area contributed by atoms with Crippen LogP contribution in [0.15, 0.2) is 36.4 Å². The summed E-state index contributed by atoms with van der Waals surface area (Å²) in [6.07, 6.45) is 2.26.